The minimum atomic E-state index is -0.253. The highest BCUT2D eigenvalue weighted by atomic mass is 16.2. The van der Waals surface area contributed by atoms with Crippen LogP contribution in [0.4, 0.5) is 0 Å². The number of nitrogens with two attached hydrogens (primary N) is 1. The molecule has 7 heteroatoms. The molecule has 1 fully saturated rings. The SMILES string of the molecule is CCNC(=O)C1=CC=C(N/C(CNCCc2ccccc2)=C(\N)C(=O)NC2CC2)C=CC1. The maximum atomic E-state index is 12.5. The predicted molar refractivity (Wildman–Crippen MR) is 127 cm³/mol. The lowest BCUT2D eigenvalue weighted by molar-refractivity contribution is -0.118. The summed E-state index contributed by atoms with van der Waals surface area (Å²) in [4.78, 5) is 24.7. The molecule has 32 heavy (non-hydrogen) atoms. The molecule has 2 aliphatic rings. The first-order valence-electron chi connectivity index (χ1n) is 11.2. The molecule has 0 spiro atoms. The highest BCUT2D eigenvalue weighted by molar-refractivity contribution is 5.94. The van der Waals surface area contributed by atoms with E-state index in [0.29, 0.717) is 30.8 Å². The summed E-state index contributed by atoms with van der Waals surface area (Å²) in [5.74, 6) is -0.326. The van der Waals surface area contributed by atoms with Crippen molar-refractivity contribution in [3.05, 3.63) is 82.9 Å². The molecule has 0 unspecified atom stereocenters. The van der Waals surface area contributed by atoms with Gasteiger partial charge in [-0.15, -0.1) is 0 Å². The van der Waals surface area contributed by atoms with Crippen LogP contribution in [0.5, 0.6) is 0 Å². The first-order valence-corrected chi connectivity index (χ1v) is 11.2. The van der Waals surface area contributed by atoms with E-state index in [4.69, 9.17) is 5.73 Å². The lowest BCUT2D eigenvalue weighted by Crippen LogP contribution is -2.36. The molecule has 0 heterocycles. The smallest absolute Gasteiger partial charge is 0.269 e. The molecular formula is C25H33N5O2. The minimum absolute atomic E-state index is 0.0729. The third kappa shape index (κ3) is 7.42. The Bertz CT molecular complexity index is 927. The van der Waals surface area contributed by atoms with E-state index >= 15 is 0 Å². The van der Waals surface area contributed by atoms with Gasteiger partial charge in [-0.25, -0.2) is 0 Å². The molecule has 3 rings (SSSR count). The van der Waals surface area contributed by atoms with Gasteiger partial charge in [0.1, 0.15) is 5.70 Å². The summed E-state index contributed by atoms with van der Waals surface area (Å²) >= 11 is 0. The topological polar surface area (TPSA) is 108 Å². The van der Waals surface area contributed by atoms with Crippen LogP contribution in [-0.4, -0.2) is 37.5 Å². The van der Waals surface area contributed by atoms with E-state index in [1.165, 1.54) is 5.56 Å². The van der Waals surface area contributed by atoms with Crippen molar-refractivity contribution in [3.8, 4) is 0 Å². The molecule has 2 amide bonds. The Morgan fingerprint density at radius 1 is 1.12 bits per heavy atom. The Morgan fingerprint density at radius 3 is 2.62 bits per heavy atom. The summed E-state index contributed by atoms with van der Waals surface area (Å²) in [6, 6.07) is 10.5. The molecule has 0 radical (unpaired) electrons. The third-order valence-electron chi connectivity index (χ3n) is 5.24. The van der Waals surface area contributed by atoms with Gasteiger partial charge in [-0.3, -0.25) is 9.59 Å². The monoisotopic (exact) mass is 435 g/mol. The summed E-state index contributed by atoms with van der Waals surface area (Å²) in [6.07, 6.45) is 10.9. The number of rotatable bonds is 11. The number of hydrogen-bond acceptors (Lipinski definition) is 5. The van der Waals surface area contributed by atoms with Crippen molar-refractivity contribution in [2.45, 2.75) is 38.6 Å². The number of nitrogens with one attached hydrogen (secondary N) is 4. The molecule has 1 aromatic rings. The van der Waals surface area contributed by atoms with Crippen molar-refractivity contribution in [3.63, 3.8) is 0 Å². The molecule has 0 aliphatic heterocycles. The average Bonchev–Trinajstić information content (AvgIpc) is 3.63. The van der Waals surface area contributed by atoms with Gasteiger partial charge in [0, 0.05) is 30.4 Å². The van der Waals surface area contributed by atoms with E-state index < -0.39 is 0 Å². The molecule has 0 atom stereocenters. The van der Waals surface area contributed by atoms with E-state index in [1.54, 1.807) is 6.08 Å². The van der Waals surface area contributed by atoms with Crippen LogP contribution in [0.1, 0.15) is 31.7 Å². The fourth-order valence-corrected chi connectivity index (χ4v) is 3.25. The van der Waals surface area contributed by atoms with Gasteiger partial charge in [0.2, 0.25) is 5.91 Å². The Labute approximate surface area is 189 Å². The molecule has 2 aliphatic carbocycles. The summed E-state index contributed by atoms with van der Waals surface area (Å²) in [6.45, 7) is 3.66. The van der Waals surface area contributed by atoms with Crippen LogP contribution in [0, 0.1) is 0 Å². The van der Waals surface area contributed by atoms with Crippen molar-refractivity contribution in [2.75, 3.05) is 19.6 Å². The second-order valence-corrected chi connectivity index (χ2v) is 7.96. The van der Waals surface area contributed by atoms with Crippen molar-refractivity contribution in [2.24, 2.45) is 5.73 Å². The van der Waals surface area contributed by atoms with E-state index in [2.05, 4.69) is 33.4 Å². The predicted octanol–water partition coefficient (Wildman–Crippen LogP) is 1.76. The first kappa shape index (κ1) is 23.3. The number of likely N-dealkylation sites (N-methyl/N-ethyl adjacent to an activating group) is 1. The van der Waals surface area contributed by atoms with Gasteiger partial charge < -0.3 is 27.0 Å². The normalized spacial score (nSPS) is 16.3. The van der Waals surface area contributed by atoms with Gasteiger partial charge in [-0.1, -0.05) is 42.5 Å². The molecule has 1 saturated carbocycles. The molecular weight excluding hydrogens is 402 g/mol. The summed E-state index contributed by atoms with van der Waals surface area (Å²) < 4.78 is 0. The van der Waals surface area contributed by atoms with E-state index in [-0.39, 0.29) is 23.6 Å². The largest absolute Gasteiger partial charge is 0.393 e. The number of allylic oxidation sites excluding steroid dienone is 4. The van der Waals surface area contributed by atoms with Crippen LogP contribution < -0.4 is 27.0 Å². The van der Waals surface area contributed by atoms with Gasteiger partial charge in [0.05, 0.1) is 5.70 Å². The van der Waals surface area contributed by atoms with Crippen molar-refractivity contribution < 1.29 is 9.59 Å². The van der Waals surface area contributed by atoms with Crippen LogP contribution in [-0.2, 0) is 16.0 Å². The second kappa shape index (κ2) is 11.9. The van der Waals surface area contributed by atoms with E-state index in [0.717, 1.165) is 31.5 Å². The van der Waals surface area contributed by atoms with E-state index in [1.807, 2.05) is 43.4 Å². The first-order chi connectivity index (χ1) is 15.6. The quantitative estimate of drug-likeness (QED) is 0.269. The van der Waals surface area contributed by atoms with Crippen LogP contribution in [0.2, 0.25) is 0 Å². The van der Waals surface area contributed by atoms with Crippen LogP contribution in [0.3, 0.4) is 0 Å². The summed E-state index contributed by atoms with van der Waals surface area (Å²) in [5.41, 5.74) is 9.73. The number of benzene rings is 1. The van der Waals surface area contributed by atoms with Crippen molar-refractivity contribution in [1.29, 1.82) is 0 Å². The minimum Gasteiger partial charge on any atom is -0.393 e. The Hall–Kier alpha value is -3.32. The molecule has 170 valence electrons. The third-order valence-corrected chi connectivity index (χ3v) is 5.24. The van der Waals surface area contributed by atoms with Crippen LogP contribution >= 0.6 is 0 Å². The zero-order valence-electron chi connectivity index (χ0n) is 18.6. The molecule has 0 saturated heterocycles. The molecule has 0 aromatic heterocycles. The molecule has 0 bridgehead atoms. The average molecular weight is 436 g/mol. The van der Waals surface area contributed by atoms with Gasteiger partial charge in [0.25, 0.3) is 5.91 Å². The number of amides is 2. The van der Waals surface area contributed by atoms with Crippen LogP contribution in [0.15, 0.2) is 77.3 Å². The highest BCUT2D eigenvalue weighted by Crippen LogP contribution is 2.19. The maximum absolute atomic E-state index is 12.5. The fraction of sp³-hybridized carbons (Fsp3) is 0.360. The second-order valence-electron chi connectivity index (χ2n) is 7.96. The number of carbonyl (C=O) groups is 2. The Balaban J connectivity index is 1.67. The summed E-state index contributed by atoms with van der Waals surface area (Å²) in [5, 5.41) is 12.4. The van der Waals surface area contributed by atoms with Crippen molar-refractivity contribution >= 4 is 11.8 Å². The maximum Gasteiger partial charge on any atom is 0.269 e. The van der Waals surface area contributed by atoms with Crippen LogP contribution in [0.25, 0.3) is 0 Å². The highest BCUT2D eigenvalue weighted by Gasteiger charge is 2.25. The standard InChI is InChI=1S/C25H33N5O2/c1-2-28-24(31)19-9-6-10-20(12-11-19)29-22(23(26)25(32)30-21-13-14-21)17-27-16-15-18-7-4-3-5-8-18/h3-8,10-12,21,27,29H,2,9,13-17,26H2,1H3,(H,28,31)(H,30,32)/b23-22-. The Morgan fingerprint density at radius 2 is 1.91 bits per heavy atom. The zero-order chi connectivity index (χ0) is 22.8. The lowest BCUT2D eigenvalue weighted by atomic mass is 10.1. The van der Waals surface area contributed by atoms with E-state index in [9.17, 15) is 9.59 Å². The number of carbonyl (C=O) groups excluding carboxylic acids is 2. The van der Waals surface area contributed by atoms with Gasteiger partial charge in [-0.05, 0) is 56.9 Å². The molecule has 1 aromatic carbocycles. The summed E-state index contributed by atoms with van der Waals surface area (Å²) in [7, 11) is 0. The molecule has 6 N–H and O–H groups in total. The fourth-order valence-electron chi connectivity index (χ4n) is 3.25. The van der Waals surface area contributed by atoms with Crippen molar-refractivity contribution in [1.82, 2.24) is 21.3 Å². The zero-order valence-corrected chi connectivity index (χ0v) is 18.6. The van der Waals surface area contributed by atoms with Gasteiger partial charge in [0.15, 0.2) is 0 Å². The van der Waals surface area contributed by atoms with Gasteiger partial charge in [-0.2, -0.15) is 0 Å². The van der Waals surface area contributed by atoms with Gasteiger partial charge >= 0.3 is 0 Å². The molecule has 7 nitrogen and oxygen atoms in total. The lowest BCUT2D eigenvalue weighted by Gasteiger charge is -2.16. The number of hydrogen-bond donors (Lipinski definition) is 5. The Kier molecular flexibility index (Phi) is 8.69.